The largest absolute Gasteiger partial charge is 0.481 e. The van der Waals surface area contributed by atoms with Gasteiger partial charge in [-0.2, -0.15) is 0 Å². The maximum absolute atomic E-state index is 10.8. The van der Waals surface area contributed by atoms with Crippen LogP contribution >= 0.6 is 27.3 Å². The van der Waals surface area contributed by atoms with Crippen LogP contribution in [0, 0.1) is 6.92 Å². The van der Waals surface area contributed by atoms with Gasteiger partial charge in [-0.05, 0) is 24.6 Å². The fourth-order valence-electron chi connectivity index (χ4n) is 1.56. The molecule has 1 heterocycles. The molecule has 0 fully saturated rings. The van der Waals surface area contributed by atoms with Crippen molar-refractivity contribution >= 4 is 33.2 Å². The molecule has 3 nitrogen and oxygen atoms in total. The van der Waals surface area contributed by atoms with Gasteiger partial charge in [-0.25, -0.2) is 4.98 Å². The summed E-state index contributed by atoms with van der Waals surface area (Å²) in [6, 6.07) is 7.80. The quantitative estimate of drug-likeness (QED) is 0.943. The van der Waals surface area contributed by atoms with E-state index in [1.807, 2.05) is 31.2 Å². The van der Waals surface area contributed by atoms with Crippen molar-refractivity contribution in [1.29, 1.82) is 0 Å². The predicted octanol–water partition coefficient (Wildman–Crippen LogP) is 3.51. The van der Waals surface area contributed by atoms with Crippen LogP contribution in [0.2, 0.25) is 0 Å². The Hall–Kier alpha value is -1.20. The van der Waals surface area contributed by atoms with E-state index in [-0.39, 0.29) is 6.42 Å². The Morgan fingerprint density at radius 2 is 2.06 bits per heavy atom. The number of hydrogen-bond acceptors (Lipinski definition) is 3. The van der Waals surface area contributed by atoms with E-state index < -0.39 is 5.97 Å². The summed E-state index contributed by atoms with van der Waals surface area (Å²) in [6.07, 6.45) is -0.0320. The van der Waals surface area contributed by atoms with Gasteiger partial charge in [0.05, 0.1) is 22.0 Å². The molecule has 0 aliphatic rings. The first-order valence-electron chi connectivity index (χ1n) is 5.00. The number of aryl methyl sites for hydroxylation is 1. The van der Waals surface area contributed by atoms with Gasteiger partial charge in [-0.1, -0.05) is 28.1 Å². The first-order chi connectivity index (χ1) is 8.06. The van der Waals surface area contributed by atoms with Gasteiger partial charge in [0.1, 0.15) is 0 Å². The second-order valence-corrected chi connectivity index (χ2v) is 5.70. The van der Waals surface area contributed by atoms with Gasteiger partial charge in [-0.3, -0.25) is 4.79 Å². The Balaban J connectivity index is 2.43. The molecule has 0 bridgehead atoms. The smallest absolute Gasteiger partial charge is 0.309 e. The molecule has 2 rings (SSSR count). The third-order valence-corrected chi connectivity index (χ3v) is 3.82. The molecule has 1 aromatic carbocycles. The van der Waals surface area contributed by atoms with Crippen molar-refractivity contribution in [3.63, 3.8) is 0 Å². The molecular weight excluding hydrogens is 302 g/mol. The van der Waals surface area contributed by atoms with Gasteiger partial charge >= 0.3 is 5.97 Å². The van der Waals surface area contributed by atoms with Gasteiger partial charge in [-0.15, -0.1) is 11.3 Å². The van der Waals surface area contributed by atoms with Crippen LogP contribution < -0.4 is 0 Å². The lowest BCUT2D eigenvalue weighted by Crippen LogP contribution is -2.01. The Labute approximate surface area is 111 Å². The zero-order valence-corrected chi connectivity index (χ0v) is 11.5. The number of benzene rings is 1. The first kappa shape index (κ1) is 12.3. The average molecular weight is 312 g/mol. The number of aromatic nitrogens is 1. The van der Waals surface area contributed by atoms with Gasteiger partial charge in [0.15, 0.2) is 0 Å². The maximum atomic E-state index is 10.8. The highest BCUT2D eigenvalue weighted by atomic mass is 79.9. The van der Waals surface area contributed by atoms with E-state index in [0.29, 0.717) is 5.69 Å². The molecule has 0 amide bonds. The minimum absolute atomic E-state index is 0.0320. The van der Waals surface area contributed by atoms with Crippen LogP contribution in [0.25, 0.3) is 10.4 Å². The van der Waals surface area contributed by atoms with Crippen molar-refractivity contribution in [3.8, 4) is 10.4 Å². The van der Waals surface area contributed by atoms with Gasteiger partial charge in [0, 0.05) is 4.47 Å². The topological polar surface area (TPSA) is 50.2 Å². The molecule has 0 radical (unpaired) electrons. The zero-order chi connectivity index (χ0) is 12.4. The van der Waals surface area contributed by atoms with Crippen LogP contribution in [0.4, 0.5) is 0 Å². The minimum Gasteiger partial charge on any atom is -0.481 e. The monoisotopic (exact) mass is 311 g/mol. The SMILES string of the molecule is Cc1nc(CC(=O)O)c(-c2ccc(Br)cc2)s1. The summed E-state index contributed by atoms with van der Waals surface area (Å²) < 4.78 is 1.00. The van der Waals surface area contributed by atoms with Crippen molar-refractivity contribution in [3.05, 3.63) is 39.4 Å². The van der Waals surface area contributed by atoms with E-state index >= 15 is 0 Å². The third kappa shape index (κ3) is 2.92. The maximum Gasteiger partial charge on any atom is 0.309 e. The highest BCUT2D eigenvalue weighted by Crippen LogP contribution is 2.31. The van der Waals surface area contributed by atoms with Crippen LogP contribution in [-0.4, -0.2) is 16.1 Å². The van der Waals surface area contributed by atoms with Crippen LogP contribution in [0.3, 0.4) is 0 Å². The summed E-state index contributed by atoms with van der Waals surface area (Å²) >= 11 is 4.90. The molecule has 2 aromatic rings. The van der Waals surface area contributed by atoms with Crippen LogP contribution in [0.5, 0.6) is 0 Å². The van der Waals surface area contributed by atoms with E-state index in [9.17, 15) is 4.79 Å². The Morgan fingerprint density at radius 3 is 2.65 bits per heavy atom. The van der Waals surface area contributed by atoms with Crippen molar-refractivity contribution in [2.75, 3.05) is 0 Å². The fourth-order valence-corrected chi connectivity index (χ4v) is 2.77. The number of carbonyl (C=O) groups is 1. The molecule has 88 valence electrons. The van der Waals surface area contributed by atoms with Gasteiger partial charge < -0.3 is 5.11 Å². The van der Waals surface area contributed by atoms with Crippen LogP contribution in [0.15, 0.2) is 28.7 Å². The molecule has 0 spiro atoms. The van der Waals surface area contributed by atoms with Gasteiger partial charge in [0.2, 0.25) is 0 Å². The van der Waals surface area contributed by atoms with Crippen molar-refractivity contribution in [2.45, 2.75) is 13.3 Å². The van der Waals surface area contributed by atoms with Crippen molar-refractivity contribution in [2.24, 2.45) is 0 Å². The molecule has 5 heteroatoms. The molecule has 1 aromatic heterocycles. The standard InChI is InChI=1S/C12H10BrNO2S/c1-7-14-10(6-11(15)16)12(17-7)8-2-4-9(13)5-3-8/h2-5H,6H2,1H3,(H,15,16). The number of carboxylic acid groups (broad SMARTS) is 1. The van der Waals surface area contributed by atoms with Crippen LogP contribution in [0.1, 0.15) is 10.7 Å². The Kier molecular flexibility index (Phi) is 3.59. The Bertz CT molecular complexity index is 548. The summed E-state index contributed by atoms with van der Waals surface area (Å²) in [4.78, 5) is 16.0. The molecule has 0 unspecified atom stereocenters. The molecule has 0 aliphatic heterocycles. The number of aliphatic carboxylic acids is 1. The minimum atomic E-state index is -0.853. The number of rotatable bonds is 3. The summed E-state index contributed by atoms with van der Waals surface area (Å²) in [5, 5.41) is 9.74. The lowest BCUT2D eigenvalue weighted by atomic mass is 10.1. The molecule has 0 aliphatic carbocycles. The summed E-state index contributed by atoms with van der Waals surface area (Å²) in [6.45, 7) is 1.89. The second kappa shape index (κ2) is 4.98. The fraction of sp³-hybridized carbons (Fsp3) is 0.167. The molecule has 1 N–H and O–H groups in total. The molecule has 0 atom stereocenters. The number of hydrogen-bond donors (Lipinski definition) is 1. The lowest BCUT2D eigenvalue weighted by molar-refractivity contribution is -0.136. The number of thiazole rings is 1. The van der Waals surface area contributed by atoms with Gasteiger partial charge in [0.25, 0.3) is 0 Å². The second-order valence-electron chi connectivity index (χ2n) is 3.59. The number of halogens is 1. The van der Waals surface area contributed by atoms with Crippen molar-refractivity contribution in [1.82, 2.24) is 4.98 Å². The summed E-state index contributed by atoms with van der Waals surface area (Å²) in [7, 11) is 0. The highest BCUT2D eigenvalue weighted by Gasteiger charge is 2.13. The molecular formula is C12H10BrNO2S. The normalized spacial score (nSPS) is 10.5. The predicted molar refractivity (Wildman–Crippen MR) is 71.3 cm³/mol. The summed E-state index contributed by atoms with van der Waals surface area (Å²) in [5.41, 5.74) is 1.65. The van der Waals surface area contributed by atoms with E-state index in [4.69, 9.17) is 5.11 Å². The number of carboxylic acids is 1. The third-order valence-electron chi connectivity index (χ3n) is 2.23. The van der Waals surface area contributed by atoms with E-state index in [1.54, 1.807) is 0 Å². The highest BCUT2D eigenvalue weighted by molar-refractivity contribution is 9.10. The van der Waals surface area contributed by atoms with E-state index in [2.05, 4.69) is 20.9 Å². The van der Waals surface area contributed by atoms with E-state index in [0.717, 1.165) is 19.9 Å². The Morgan fingerprint density at radius 1 is 1.41 bits per heavy atom. The molecule has 0 saturated carbocycles. The molecule has 0 saturated heterocycles. The lowest BCUT2D eigenvalue weighted by Gasteiger charge is -2.00. The summed E-state index contributed by atoms with van der Waals surface area (Å²) in [5.74, 6) is -0.853. The van der Waals surface area contributed by atoms with E-state index in [1.165, 1.54) is 11.3 Å². The zero-order valence-electron chi connectivity index (χ0n) is 9.11. The molecule has 17 heavy (non-hydrogen) atoms. The van der Waals surface area contributed by atoms with Crippen molar-refractivity contribution < 1.29 is 9.90 Å². The van der Waals surface area contributed by atoms with Crippen LogP contribution in [-0.2, 0) is 11.2 Å². The average Bonchev–Trinajstić information content (AvgIpc) is 2.59. The first-order valence-corrected chi connectivity index (χ1v) is 6.61. The number of nitrogens with zero attached hydrogens (tertiary/aromatic N) is 1.